The van der Waals surface area contributed by atoms with Gasteiger partial charge in [0.1, 0.15) is 12.6 Å². The van der Waals surface area contributed by atoms with Crippen molar-refractivity contribution in [3.05, 3.63) is 65.7 Å². The van der Waals surface area contributed by atoms with E-state index in [1.165, 1.54) is 4.90 Å². The number of hydrogen-bond donors (Lipinski definition) is 1. The molecule has 2 amide bonds. The van der Waals surface area contributed by atoms with Gasteiger partial charge in [0.15, 0.2) is 0 Å². The van der Waals surface area contributed by atoms with E-state index >= 15 is 0 Å². The molecule has 1 saturated heterocycles. The number of nitriles is 1. The highest BCUT2D eigenvalue weighted by atomic mass is 16.6. The van der Waals surface area contributed by atoms with Gasteiger partial charge in [-0.3, -0.25) is 9.69 Å². The number of likely N-dealkylation sites (tertiary alicyclic amines) is 1. The number of fused-ring (bicyclic) bond motifs is 2. The van der Waals surface area contributed by atoms with Crippen LogP contribution in [-0.4, -0.2) is 29.5 Å². The average Bonchev–Trinajstić information content (AvgIpc) is 3.20. The zero-order valence-electron chi connectivity index (χ0n) is 14.0. The number of rotatable bonds is 2. The van der Waals surface area contributed by atoms with E-state index in [1.807, 2.05) is 54.6 Å². The third kappa shape index (κ3) is 2.49. The first-order chi connectivity index (χ1) is 12.6. The van der Waals surface area contributed by atoms with Gasteiger partial charge in [-0.15, -0.1) is 0 Å². The standard InChI is InChI=1S/C20H17N3O3/c21-11-15-10-20(16-8-4-5-9-17(16)22-18(20)24)13-23(15)19(25)26-12-14-6-2-1-3-7-14/h1-9,15H,10,12-13H2,(H,22,24)/t15?,20-/m0/s1. The number of para-hydroxylation sites is 1. The second-order valence-corrected chi connectivity index (χ2v) is 6.60. The summed E-state index contributed by atoms with van der Waals surface area (Å²) in [4.78, 5) is 26.6. The molecule has 6 nitrogen and oxygen atoms in total. The van der Waals surface area contributed by atoms with Crippen molar-refractivity contribution in [3.8, 4) is 6.07 Å². The van der Waals surface area contributed by atoms with Crippen molar-refractivity contribution >= 4 is 17.7 Å². The van der Waals surface area contributed by atoms with Gasteiger partial charge >= 0.3 is 6.09 Å². The number of carbonyl (C=O) groups excluding carboxylic acids is 2. The number of amides is 2. The zero-order valence-corrected chi connectivity index (χ0v) is 14.0. The molecule has 6 heteroatoms. The van der Waals surface area contributed by atoms with Crippen molar-refractivity contribution in [1.82, 2.24) is 4.90 Å². The number of carbonyl (C=O) groups is 2. The summed E-state index contributed by atoms with van der Waals surface area (Å²) < 4.78 is 5.37. The molecule has 0 bridgehead atoms. The van der Waals surface area contributed by atoms with Crippen LogP contribution in [0.4, 0.5) is 10.5 Å². The minimum atomic E-state index is -0.886. The molecule has 0 saturated carbocycles. The lowest BCUT2D eigenvalue weighted by molar-refractivity contribution is -0.120. The molecule has 1 fully saturated rings. The Bertz CT molecular complexity index is 906. The van der Waals surface area contributed by atoms with Crippen molar-refractivity contribution in [2.45, 2.75) is 24.5 Å². The smallest absolute Gasteiger partial charge is 0.411 e. The Morgan fingerprint density at radius 1 is 1.23 bits per heavy atom. The van der Waals surface area contributed by atoms with Crippen LogP contribution in [0.2, 0.25) is 0 Å². The largest absolute Gasteiger partial charge is 0.445 e. The third-order valence-corrected chi connectivity index (χ3v) is 5.07. The van der Waals surface area contributed by atoms with Crippen LogP contribution in [-0.2, 0) is 21.6 Å². The van der Waals surface area contributed by atoms with E-state index < -0.39 is 17.6 Å². The van der Waals surface area contributed by atoms with Crippen LogP contribution >= 0.6 is 0 Å². The number of nitrogens with zero attached hydrogens (tertiary/aromatic N) is 2. The monoisotopic (exact) mass is 347 g/mol. The Balaban J connectivity index is 1.56. The maximum absolute atomic E-state index is 12.7. The molecule has 2 aromatic carbocycles. The first-order valence-corrected chi connectivity index (χ1v) is 8.42. The molecular weight excluding hydrogens is 330 g/mol. The molecule has 2 aliphatic heterocycles. The lowest BCUT2D eigenvalue weighted by atomic mass is 9.80. The summed E-state index contributed by atoms with van der Waals surface area (Å²) >= 11 is 0. The molecule has 130 valence electrons. The summed E-state index contributed by atoms with van der Waals surface area (Å²) in [5, 5.41) is 12.4. The summed E-state index contributed by atoms with van der Waals surface area (Å²) in [6, 6.07) is 18.2. The van der Waals surface area contributed by atoms with Crippen LogP contribution < -0.4 is 5.32 Å². The topological polar surface area (TPSA) is 82.4 Å². The minimum absolute atomic E-state index is 0.129. The Hall–Kier alpha value is -3.33. The summed E-state index contributed by atoms with van der Waals surface area (Å²) in [5.74, 6) is -0.169. The molecule has 1 unspecified atom stereocenters. The molecule has 0 aromatic heterocycles. The Morgan fingerprint density at radius 2 is 1.96 bits per heavy atom. The Kier molecular flexibility index (Phi) is 3.85. The Labute approximate surface area is 151 Å². The second-order valence-electron chi connectivity index (χ2n) is 6.60. The highest BCUT2D eigenvalue weighted by molar-refractivity contribution is 6.07. The fourth-order valence-corrected chi connectivity index (χ4v) is 3.75. The summed E-state index contributed by atoms with van der Waals surface area (Å²) in [7, 11) is 0. The molecule has 1 N–H and O–H groups in total. The lowest BCUT2D eigenvalue weighted by Crippen LogP contribution is -2.40. The minimum Gasteiger partial charge on any atom is -0.445 e. The maximum Gasteiger partial charge on any atom is 0.411 e. The van der Waals surface area contributed by atoms with E-state index in [-0.39, 0.29) is 25.5 Å². The zero-order chi connectivity index (χ0) is 18.1. The fraction of sp³-hybridized carbons (Fsp3) is 0.250. The SMILES string of the molecule is N#CC1C[C@@]2(CN1C(=O)OCc1ccccc1)C(=O)Nc1ccccc12. The van der Waals surface area contributed by atoms with Crippen LogP contribution in [0.25, 0.3) is 0 Å². The van der Waals surface area contributed by atoms with E-state index in [0.29, 0.717) is 0 Å². The summed E-state index contributed by atoms with van der Waals surface area (Å²) in [6.45, 7) is 0.270. The normalized spacial score (nSPS) is 23.4. The first-order valence-electron chi connectivity index (χ1n) is 8.42. The number of ether oxygens (including phenoxy) is 1. The van der Waals surface area contributed by atoms with Gasteiger partial charge in [0.05, 0.1) is 11.5 Å². The lowest BCUT2D eigenvalue weighted by Gasteiger charge is -2.22. The van der Waals surface area contributed by atoms with Gasteiger partial charge in [0.2, 0.25) is 5.91 Å². The van der Waals surface area contributed by atoms with Crippen LogP contribution in [0, 0.1) is 11.3 Å². The summed E-state index contributed by atoms with van der Waals surface area (Å²) in [6.07, 6.45) is -0.304. The molecule has 2 aliphatic rings. The van der Waals surface area contributed by atoms with E-state index in [9.17, 15) is 14.9 Å². The van der Waals surface area contributed by atoms with Gasteiger partial charge in [-0.1, -0.05) is 48.5 Å². The molecule has 0 radical (unpaired) electrons. The molecule has 2 aromatic rings. The predicted octanol–water partition coefficient (Wildman–Crippen LogP) is 2.81. The maximum atomic E-state index is 12.7. The van der Waals surface area contributed by atoms with Crippen molar-refractivity contribution in [1.29, 1.82) is 5.26 Å². The molecule has 26 heavy (non-hydrogen) atoms. The molecule has 2 atom stereocenters. The second kappa shape index (κ2) is 6.19. The number of anilines is 1. The fourth-order valence-electron chi connectivity index (χ4n) is 3.75. The van der Waals surface area contributed by atoms with Crippen LogP contribution in [0.15, 0.2) is 54.6 Å². The van der Waals surface area contributed by atoms with Gasteiger partial charge < -0.3 is 10.1 Å². The molecule has 4 rings (SSSR count). The average molecular weight is 347 g/mol. The van der Waals surface area contributed by atoms with Crippen LogP contribution in [0.1, 0.15) is 17.5 Å². The van der Waals surface area contributed by atoms with Crippen molar-refractivity contribution < 1.29 is 14.3 Å². The third-order valence-electron chi connectivity index (χ3n) is 5.07. The number of hydrogen-bond acceptors (Lipinski definition) is 4. The van der Waals surface area contributed by atoms with Gasteiger partial charge in [-0.2, -0.15) is 5.26 Å². The van der Waals surface area contributed by atoms with E-state index in [4.69, 9.17) is 4.74 Å². The van der Waals surface area contributed by atoms with E-state index in [1.54, 1.807) is 0 Å². The number of benzene rings is 2. The van der Waals surface area contributed by atoms with Crippen molar-refractivity contribution in [2.75, 3.05) is 11.9 Å². The van der Waals surface area contributed by atoms with Crippen molar-refractivity contribution in [3.63, 3.8) is 0 Å². The van der Waals surface area contributed by atoms with Crippen molar-refractivity contribution in [2.24, 2.45) is 0 Å². The highest BCUT2D eigenvalue weighted by Gasteiger charge is 2.56. The Morgan fingerprint density at radius 3 is 2.73 bits per heavy atom. The van der Waals surface area contributed by atoms with Gasteiger partial charge in [-0.25, -0.2) is 4.79 Å². The van der Waals surface area contributed by atoms with Gasteiger partial charge in [0.25, 0.3) is 0 Å². The molecular formula is C20H17N3O3. The molecule has 0 aliphatic carbocycles. The molecule has 1 spiro atoms. The van der Waals surface area contributed by atoms with E-state index in [0.717, 1.165) is 16.8 Å². The van der Waals surface area contributed by atoms with Gasteiger partial charge in [-0.05, 0) is 17.2 Å². The number of nitrogens with one attached hydrogen (secondary N) is 1. The van der Waals surface area contributed by atoms with Crippen LogP contribution in [0.3, 0.4) is 0 Å². The summed E-state index contributed by atoms with van der Waals surface area (Å²) in [5.41, 5.74) is 1.56. The first kappa shape index (κ1) is 16.2. The predicted molar refractivity (Wildman–Crippen MR) is 94.1 cm³/mol. The highest BCUT2D eigenvalue weighted by Crippen LogP contribution is 2.46. The molecule has 2 heterocycles. The van der Waals surface area contributed by atoms with E-state index in [2.05, 4.69) is 11.4 Å². The van der Waals surface area contributed by atoms with Gasteiger partial charge in [0, 0.05) is 18.7 Å². The quantitative estimate of drug-likeness (QED) is 0.905. The van der Waals surface area contributed by atoms with Crippen LogP contribution in [0.5, 0.6) is 0 Å².